The lowest BCUT2D eigenvalue weighted by Gasteiger charge is -1.95. The molecule has 0 bridgehead atoms. The van der Waals surface area contributed by atoms with Crippen molar-refractivity contribution in [1.29, 1.82) is 0 Å². The molecule has 0 saturated carbocycles. The first-order chi connectivity index (χ1) is 7.15. The van der Waals surface area contributed by atoms with Gasteiger partial charge in [0, 0.05) is 17.7 Å². The predicted octanol–water partition coefficient (Wildman–Crippen LogP) is 1.24. The predicted molar refractivity (Wildman–Crippen MR) is 52.3 cm³/mol. The highest BCUT2D eigenvalue weighted by Crippen LogP contribution is 2.25. The highest BCUT2D eigenvalue weighted by atomic mass is 16.6. The summed E-state index contributed by atoms with van der Waals surface area (Å²) in [5, 5.41) is 19.6. The number of carbonyl (C=O) groups excluding carboxylic acids is 1. The van der Waals surface area contributed by atoms with Crippen LogP contribution in [0.5, 0.6) is 5.75 Å². The molecule has 0 amide bonds. The van der Waals surface area contributed by atoms with Gasteiger partial charge >= 0.3 is 5.69 Å². The molecule has 1 aromatic rings. The summed E-state index contributed by atoms with van der Waals surface area (Å²) in [6.07, 6.45) is 0.746. The fourth-order valence-corrected chi connectivity index (χ4v) is 0.950. The van der Waals surface area contributed by atoms with Crippen molar-refractivity contribution in [3.05, 3.63) is 33.9 Å². The van der Waals surface area contributed by atoms with Gasteiger partial charge in [-0.1, -0.05) is 11.8 Å². The summed E-state index contributed by atoms with van der Waals surface area (Å²) >= 11 is 0. The highest BCUT2D eigenvalue weighted by Gasteiger charge is 2.11. The van der Waals surface area contributed by atoms with Crippen molar-refractivity contribution in [2.75, 3.05) is 0 Å². The molecular weight excluding hydrogens is 198 g/mol. The maximum absolute atomic E-state index is 10.4. The minimum atomic E-state index is -0.683. The van der Waals surface area contributed by atoms with Gasteiger partial charge in [-0.25, -0.2) is 0 Å². The molecule has 1 aromatic carbocycles. The van der Waals surface area contributed by atoms with E-state index in [0.29, 0.717) is 11.8 Å². The van der Waals surface area contributed by atoms with Gasteiger partial charge in [-0.05, 0) is 6.07 Å². The van der Waals surface area contributed by atoms with Crippen LogP contribution >= 0.6 is 0 Å². The summed E-state index contributed by atoms with van der Waals surface area (Å²) < 4.78 is 0. The number of rotatable bonds is 2. The number of phenolic OH excluding ortho intramolecular Hbond substituents is 1. The van der Waals surface area contributed by atoms with Crippen LogP contribution in [0.1, 0.15) is 12.0 Å². The number of benzene rings is 1. The van der Waals surface area contributed by atoms with Crippen LogP contribution in [-0.2, 0) is 4.79 Å². The zero-order valence-corrected chi connectivity index (χ0v) is 7.64. The van der Waals surface area contributed by atoms with E-state index < -0.39 is 10.7 Å². The van der Waals surface area contributed by atoms with Crippen molar-refractivity contribution < 1.29 is 14.8 Å². The van der Waals surface area contributed by atoms with Gasteiger partial charge in [0.1, 0.15) is 6.29 Å². The number of phenols is 1. The van der Waals surface area contributed by atoms with Gasteiger partial charge in [0.2, 0.25) is 0 Å². The van der Waals surface area contributed by atoms with Crippen LogP contribution in [0.25, 0.3) is 0 Å². The second-order valence-corrected chi connectivity index (χ2v) is 2.63. The van der Waals surface area contributed by atoms with Crippen LogP contribution in [0, 0.1) is 22.0 Å². The Morgan fingerprint density at radius 3 is 2.80 bits per heavy atom. The molecule has 0 radical (unpaired) electrons. The van der Waals surface area contributed by atoms with Crippen LogP contribution in [0.15, 0.2) is 18.2 Å². The zero-order chi connectivity index (χ0) is 11.3. The second kappa shape index (κ2) is 4.77. The number of hydrogen-bond donors (Lipinski definition) is 1. The molecule has 5 nitrogen and oxygen atoms in total. The number of carbonyl (C=O) groups is 1. The normalized spacial score (nSPS) is 8.80. The molecule has 0 heterocycles. The van der Waals surface area contributed by atoms with E-state index in [1.807, 2.05) is 0 Å². The third-order valence-corrected chi connectivity index (χ3v) is 1.59. The Morgan fingerprint density at radius 1 is 1.53 bits per heavy atom. The lowest BCUT2D eigenvalue weighted by atomic mass is 10.2. The number of nitro benzene ring substituents is 1. The maximum Gasteiger partial charge on any atom is 0.310 e. The van der Waals surface area contributed by atoms with Gasteiger partial charge in [0.05, 0.1) is 11.3 Å². The molecule has 0 unspecified atom stereocenters. The molecule has 5 heteroatoms. The van der Waals surface area contributed by atoms with Crippen molar-refractivity contribution in [3.8, 4) is 17.6 Å². The van der Waals surface area contributed by atoms with Gasteiger partial charge in [-0.15, -0.1) is 0 Å². The van der Waals surface area contributed by atoms with Gasteiger partial charge < -0.3 is 9.90 Å². The summed E-state index contributed by atoms with van der Waals surface area (Å²) in [6, 6.07) is 3.77. The van der Waals surface area contributed by atoms with Crippen LogP contribution in [-0.4, -0.2) is 16.3 Å². The molecule has 15 heavy (non-hydrogen) atoms. The molecule has 0 spiro atoms. The van der Waals surface area contributed by atoms with E-state index >= 15 is 0 Å². The number of hydrogen-bond acceptors (Lipinski definition) is 4. The molecule has 0 aliphatic carbocycles. The lowest BCUT2D eigenvalue weighted by Crippen LogP contribution is -1.88. The Hall–Kier alpha value is -2.35. The second-order valence-electron chi connectivity index (χ2n) is 2.63. The summed E-state index contributed by atoms with van der Waals surface area (Å²) in [7, 11) is 0. The van der Waals surface area contributed by atoms with E-state index in [1.54, 1.807) is 0 Å². The summed E-state index contributed by atoms with van der Waals surface area (Å²) in [6.45, 7) is 0. The van der Waals surface area contributed by atoms with Crippen LogP contribution in [0.2, 0.25) is 0 Å². The molecule has 76 valence electrons. The van der Waals surface area contributed by atoms with Crippen molar-refractivity contribution in [3.63, 3.8) is 0 Å². The molecule has 0 atom stereocenters. The smallest absolute Gasteiger partial charge is 0.310 e. The number of aldehydes is 1. The standard InChI is InChI=1S/C10H7NO4/c12-6-2-1-3-8-4-5-9(11(14)15)10(13)7-8/h4-7,13H,2H2. The Morgan fingerprint density at radius 2 is 2.27 bits per heavy atom. The molecule has 0 aromatic heterocycles. The average Bonchev–Trinajstić information content (AvgIpc) is 2.17. The Balaban J connectivity index is 2.98. The van der Waals surface area contributed by atoms with Gasteiger partial charge in [-0.3, -0.25) is 10.1 Å². The van der Waals surface area contributed by atoms with Crippen LogP contribution in [0.3, 0.4) is 0 Å². The fourth-order valence-electron chi connectivity index (χ4n) is 0.950. The average molecular weight is 205 g/mol. The zero-order valence-electron chi connectivity index (χ0n) is 7.64. The Bertz CT molecular complexity index is 456. The van der Waals surface area contributed by atoms with E-state index in [1.165, 1.54) is 18.2 Å². The van der Waals surface area contributed by atoms with Gasteiger partial charge in [0.25, 0.3) is 0 Å². The minimum Gasteiger partial charge on any atom is -0.502 e. The molecule has 0 aliphatic rings. The van der Waals surface area contributed by atoms with Crippen molar-refractivity contribution in [2.45, 2.75) is 6.42 Å². The first kappa shape index (κ1) is 10.7. The largest absolute Gasteiger partial charge is 0.502 e. The maximum atomic E-state index is 10.4. The number of nitro groups is 1. The topological polar surface area (TPSA) is 80.4 Å². The Kier molecular flexibility index (Phi) is 3.41. The summed E-state index contributed by atoms with van der Waals surface area (Å²) in [4.78, 5) is 19.6. The SMILES string of the molecule is O=CCC#Cc1ccc([N+](=O)[O-])c(O)c1. The third-order valence-electron chi connectivity index (χ3n) is 1.59. The molecule has 0 fully saturated rings. The molecule has 1 N–H and O–H groups in total. The first-order valence-corrected chi connectivity index (χ1v) is 4.05. The molecule has 0 aliphatic heterocycles. The summed E-state index contributed by atoms with van der Waals surface area (Å²) in [5.41, 5.74) is 0.0656. The van der Waals surface area contributed by atoms with E-state index in [0.717, 1.165) is 0 Å². The van der Waals surface area contributed by atoms with Crippen LogP contribution < -0.4 is 0 Å². The van der Waals surface area contributed by atoms with Gasteiger partial charge in [-0.2, -0.15) is 0 Å². The number of nitrogens with zero attached hydrogens (tertiary/aromatic N) is 1. The molecule has 0 saturated heterocycles. The van der Waals surface area contributed by atoms with E-state index in [2.05, 4.69) is 11.8 Å². The third kappa shape index (κ3) is 2.81. The van der Waals surface area contributed by atoms with Crippen molar-refractivity contribution in [1.82, 2.24) is 0 Å². The van der Waals surface area contributed by atoms with Gasteiger partial charge in [0.15, 0.2) is 5.75 Å². The first-order valence-electron chi connectivity index (χ1n) is 4.05. The summed E-state index contributed by atoms with van der Waals surface area (Å²) in [5.74, 6) is 4.68. The quantitative estimate of drug-likeness (QED) is 0.341. The van der Waals surface area contributed by atoms with Crippen LogP contribution in [0.4, 0.5) is 5.69 Å². The minimum absolute atomic E-state index is 0.0950. The highest BCUT2D eigenvalue weighted by molar-refractivity contribution is 5.56. The van der Waals surface area contributed by atoms with Crippen molar-refractivity contribution in [2.24, 2.45) is 0 Å². The van der Waals surface area contributed by atoms with E-state index in [9.17, 15) is 20.0 Å². The molecule has 1 rings (SSSR count). The van der Waals surface area contributed by atoms with E-state index in [4.69, 9.17) is 0 Å². The molecular formula is C10H7NO4. The lowest BCUT2D eigenvalue weighted by molar-refractivity contribution is -0.385. The Labute approximate surface area is 85.5 Å². The van der Waals surface area contributed by atoms with Crippen molar-refractivity contribution >= 4 is 12.0 Å². The fraction of sp³-hybridized carbons (Fsp3) is 0.100. The number of aromatic hydroxyl groups is 1. The monoisotopic (exact) mass is 205 g/mol. The van der Waals surface area contributed by atoms with E-state index in [-0.39, 0.29) is 12.1 Å².